The predicted molar refractivity (Wildman–Crippen MR) is 147 cm³/mol. The van der Waals surface area contributed by atoms with Crippen LogP contribution < -0.4 is 0 Å². The number of aryl methyl sites for hydroxylation is 1. The summed E-state index contributed by atoms with van der Waals surface area (Å²) in [5.74, 6) is 0.809. The molecule has 0 bridgehead atoms. The van der Waals surface area contributed by atoms with Crippen LogP contribution in [0.3, 0.4) is 0 Å². The van der Waals surface area contributed by atoms with E-state index in [1.165, 1.54) is 35.3 Å². The molecule has 2 fully saturated rings. The van der Waals surface area contributed by atoms with Crippen LogP contribution in [0, 0.1) is 5.82 Å². The first-order valence-corrected chi connectivity index (χ1v) is 13.7. The van der Waals surface area contributed by atoms with Gasteiger partial charge in [-0.25, -0.2) is 14.1 Å². The third kappa shape index (κ3) is 5.06. The second-order valence-corrected chi connectivity index (χ2v) is 10.9. The maximum Gasteiger partial charge on any atom is 0.418 e. The minimum atomic E-state index is -4.57. The first kappa shape index (κ1) is 26.4. The maximum atomic E-state index is 14.4. The van der Waals surface area contributed by atoms with Gasteiger partial charge in [0.15, 0.2) is 11.6 Å². The van der Waals surface area contributed by atoms with Gasteiger partial charge in [0.2, 0.25) is 0 Å². The van der Waals surface area contributed by atoms with Crippen molar-refractivity contribution in [2.45, 2.75) is 37.9 Å². The van der Waals surface area contributed by atoms with Crippen molar-refractivity contribution in [3.63, 3.8) is 0 Å². The van der Waals surface area contributed by atoms with Gasteiger partial charge in [0, 0.05) is 42.5 Å². The lowest BCUT2D eigenvalue weighted by atomic mass is 9.98. The number of alkyl halides is 3. The molecular weight excluding hydrogens is 548 g/mol. The van der Waals surface area contributed by atoms with Crippen LogP contribution >= 0.6 is 0 Å². The molecule has 214 valence electrons. The normalized spacial score (nSPS) is 15.6. The maximum absolute atomic E-state index is 14.4. The SMILES string of the molecule is Cn1cnnc1-c1cc(F)ccc1-c1cc(C2CC2)nc(-n2cc(-c3nc(CN4CCC4)ccc3C(F)(F)F)cn2)c1. The van der Waals surface area contributed by atoms with Crippen LogP contribution in [0.15, 0.2) is 61.2 Å². The average molecular weight is 575 g/mol. The van der Waals surface area contributed by atoms with Crippen LogP contribution in [-0.4, -0.2) is 52.5 Å². The lowest BCUT2D eigenvalue weighted by Crippen LogP contribution is -2.36. The summed E-state index contributed by atoms with van der Waals surface area (Å²) in [5, 5.41) is 12.5. The first-order valence-electron chi connectivity index (χ1n) is 13.7. The summed E-state index contributed by atoms with van der Waals surface area (Å²) < 4.78 is 59.6. The second-order valence-electron chi connectivity index (χ2n) is 10.9. The van der Waals surface area contributed by atoms with Gasteiger partial charge in [-0.2, -0.15) is 18.3 Å². The monoisotopic (exact) mass is 574 g/mol. The Bertz CT molecular complexity index is 1780. The minimum absolute atomic E-state index is 0.159. The molecule has 0 unspecified atom stereocenters. The van der Waals surface area contributed by atoms with Crippen molar-refractivity contribution in [3.05, 3.63) is 84.0 Å². The Balaban J connectivity index is 1.31. The molecule has 1 aliphatic heterocycles. The van der Waals surface area contributed by atoms with E-state index in [4.69, 9.17) is 4.98 Å². The molecule has 1 aromatic carbocycles. The predicted octanol–water partition coefficient (Wildman–Crippen LogP) is 6.03. The summed E-state index contributed by atoms with van der Waals surface area (Å²) in [6, 6.07) is 10.8. The largest absolute Gasteiger partial charge is 0.418 e. The lowest BCUT2D eigenvalue weighted by molar-refractivity contribution is -0.137. The van der Waals surface area contributed by atoms with Crippen LogP contribution in [0.1, 0.15) is 42.1 Å². The van der Waals surface area contributed by atoms with Crippen molar-refractivity contribution in [2.75, 3.05) is 13.1 Å². The summed E-state index contributed by atoms with van der Waals surface area (Å²) in [4.78, 5) is 11.4. The molecule has 2 aliphatic rings. The van der Waals surface area contributed by atoms with E-state index in [-0.39, 0.29) is 17.2 Å². The molecule has 8 nitrogen and oxygen atoms in total. The van der Waals surface area contributed by atoms with E-state index in [0.717, 1.165) is 55.2 Å². The van der Waals surface area contributed by atoms with Gasteiger partial charge in [-0.3, -0.25) is 9.88 Å². The molecule has 4 aromatic heterocycles. The average Bonchev–Trinajstić information content (AvgIpc) is 3.52. The van der Waals surface area contributed by atoms with Crippen LogP contribution in [0.2, 0.25) is 0 Å². The molecular formula is C30H26F4N8. The highest BCUT2D eigenvalue weighted by atomic mass is 19.4. The quantitative estimate of drug-likeness (QED) is 0.221. The van der Waals surface area contributed by atoms with Crippen LogP contribution in [0.5, 0.6) is 0 Å². The minimum Gasteiger partial charge on any atom is -0.317 e. The van der Waals surface area contributed by atoms with Gasteiger partial charge in [-0.1, -0.05) is 6.07 Å². The number of pyridine rings is 2. The molecule has 5 heterocycles. The van der Waals surface area contributed by atoms with Crippen molar-refractivity contribution in [1.82, 2.24) is 39.4 Å². The smallest absolute Gasteiger partial charge is 0.317 e. The Labute approximate surface area is 238 Å². The summed E-state index contributed by atoms with van der Waals surface area (Å²) in [5.41, 5.74) is 2.76. The van der Waals surface area contributed by atoms with E-state index in [0.29, 0.717) is 29.4 Å². The molecule has 42 heavy (non-hydrogen) atoms. The third-order valence-electron chi connectivity index (χ3n) is 7.76. The highest BCUT2D eigenvalue weighted by Gasteiger charge is 2.35. The summed E-state index contributed by atoms with van der Waals surface area (Å²) in [6.07, 6.45) is 2.94. The molecule has 7 rings (SSSR count). The third-order valence-corrected chi connectivity index (χ3v) is 7.76. The fraction of sp³-hybridized carbons (Fsp3) is 0.300. The summed E-state index contributed by atoms with van der Waals surface area (Å²) in [6.45, 7) is 2.32. The number of aromatic nitrogens is 7. The van der Waals surface area contributed by atoms with Gasteiger partial charge in [-0.15, -0.1) is 10.2 Å². The topological polar surface area (TPSA) is 77.5 Å². The molecule has 1 aliphatic carbocycles. The van der Waals surface area contributed by atoms with Gasteiger partial charge < -0.3 is 4.57 Å². The molecule has 0 spiro atoms. The highest BCUT2D eigenvalue weighted by Crippen LogP contribution is 2.42. The second kappa shape index (κ2) is 10.1. The summed E-state index contributed by atoms with van der Waals surface area (Å²) in [7, 11) is 1.78. The Morgan fingerprint density at radius 1 is 0.952 bits per heavy atom. The number of hydrogen-bond donors (Lipinski definition) is 0. The van der Waals surface area contributed by atoms with E-state index >= 15 is 0 Å². The molecule has 12 heteroatoms. The molecule has 5 aromatic rings. The van der Waals surface area contributed by atoms with Crippen molar-refractivity contribution in [3.8, 4) is 39.6 Å². The van der Waals surface area contributed by atoms with E-state index in [1.807, 2.05) is 6.07 Å². The van der Waals surface area contributed by atoms with Gasteiger partial charge in [-0.05, 0) is 79.9 Å². The van der Waals surface area contributed by atoms with Gasteiger partial charge in [0.1, 0.15) is 12.1 Å². The lowest BCUT2D eigenvalue weighted by Gasteiger charge is -2.30. The van der Waals surface area contributed by atoms with Crippen molar-refractivity contribution < 1.29 is 17.6 Å². The summed E-state index contributed by atoms with van der Waals surface area (Å²) >= 11 is 0. The Kier molecular flexibility index (Phi) is 6.37. The Morgan fingerprint density at radius 2 is 1.79 bits per heavy atom. The number of rotatable bonds is 7. The fourth-order valence-electron chi connectivity index (χ4n) is 5.25. The molecule has 1 saturated carbocycles. The molecule has 0 radical (unpaired) electrons. The number of halogens is 4. The van der Waals surface area contributed by atoms with Gasteiger partial charge in [0.25, 0.3) is 0 Å². The first-order chi connectivity index (χ1) is 20.2. The zero-order valence-corrected chi connectivity index (χ0v) is 22.7. The van der Waals surface area contributed by atoms with Crippen LogP contribution in [-0.2, 0) is 19.8 Å². The van der Waals surface area contributed by atoms with Crippen molar-refractivity contribution in [2.24, 2.45) is 7.05 Å². The molecule has 0 amide bonds. The Hall–Kier alpha value is -4.45. The molecule has 1 saturated heterocycles. The number of hydrogen-bond acceptors (Lipinski definition) is 6. The number of nitrogens with zero attached hydrogens (tertiary/aromatic N) is 8. The van der Waals surface area contributed by atoms with Gasteiger partial charge in [0.05, 0.1) is 23.1 Å². The number of likely N-dealkylation sites (tertiary alicyclic amines) is 1. The van der Waals surface area contributed by atoms with Crippen molar-refractivity contribution >= 4 is 0 Å². The molecule has 0 N–H and O–H groups in total. The standard InChI is InChI=1S/C30H26F4N8/c1-40-17-35-39-29(40)24-13-21(31)5-7-23(24)19-11-26(18-3-4-18)38-27(12-19)42-15-20(14-36-42)28-25(30(32,33)34)8-6-22(37-28)16-41-9-2-10-41/h5-8,11-15,17-18H,2-4,9-10,16H2,1H3. The van der Waals surface area contributed by atoms with E-state index in [1.54, 1.807) is 30.1 Å². The highest BCUT2D eigenvalue weighted by molar-refractivity contribution is 5.81. The van der Waals surface area contributed by atoms with Gasteiger partial charge >= 0.3 is 6.18 Å². The van der Waals surface area contributed by atoms with E-state index < -0.39 is 17.6 Å². The molecule has 0 atom stereocenters. The van der Waals surface area contributed by atoms with Crippen LogP contribution in [0.25, 0.3) is 39.6 Å². The number of benzene rings is 1. The van der Waals surface area contributed by atoms with Crippen LogP contribution in [0.4, 0.5) is 17.6 Å². The zero-order chi connectivity index (χ0) is 29.0. The van der Waals surface area contributed by atoms with Crippen molar-refractivity contribution in [1.29, 1.82) is 0 Å². The Morgan fingerprint density at radius 3 is 2.48 bits per heavy atom. The van der Waals surface area contributed by atoms with E-state index in [9.17, 15) is 17.6 Å². The van der Waals surface area contributed by atoms with E-state index in [2.05, 4.69) is 25.2 Å². The zero-order valence-electron chi connectivity index (χ0n) is 22.7. The fourth-order valence-corrected chi connectivity index (χ4v) is 5.25.